The summed E-state index contributed by atoms with van der Waals surface area (Å²) in [6.07, 6.45) is 30.5. The van der Waals surface area contributed by atoms with Crippen LogP contribution in [0.4, 0.5) is 0 Å². The molecular weight excluding hydrogens is 575 g/mol. The van der Waals surface area contributed by atoms with Crippen molar-refractivity contribution in [1.29, 1.82) is 0 Å². The third-order valence-corrected chi connectivity index (χ3v) is 10.2. The van der Waals surface area contributed by atoms with Gasteiger partial charge < -0.3 is 18.9 Å². The zero-order valence-corrected chi connectivity index (χ0v) is 29.6. The molecule has 260 valence electrons. The van der Waals surface area contributed by atoms with Crippen molar-refractivity contribution in [1.82, 2.24) is 0 Å². The lowest BCUT2D eigenvalue weighted by Crippen LogP contribution is -2.44. The fraction of sp³-hybridized carbons (Fsp3) is 0.944. The molecule has 0 aromatic heterocycles. The molecule has 3 atom stereocenters. The number of esters is 2. The number of carbonyl (C=O) groups is 2. The minimum absolute atomic E-state index is 0.227. The van der Waals surface area contributed by atoms with Crippen LogP contribution in [0.1, 0.15) is 194 Å². The number of hydrogen-bond donors (Lipinski definition) is 1. The maximum Gasteiger partial charge on any atom is 0.332 e. The SMILES string of the molecule is CCCCCCCCCCCCCCCC(=O)O[C@H]1CP(=O)(O)OC[C@H]1OC(=O)CCCCCCCCCCCCCCC. The van der Waals surface area contributed by atoms with Crippen molar-refractivity contribution in [3.8, 4) is 0 Å². The van der Waals surface area contributed by atoms with Gasteiger partial charge in [0.05, 0.1) is 12.8 Å². The molecule has 0 aromatic carbocycles. The molecular formula is C36H69O7P. The van der Waals surface area contributed by atoms with Crippen molar-refractivity contribution in [2.24, 2.45) is 0 Å². The zero-order valence-electron chi connectivity index (χ0n) is 28.7. The van der Waals surface area contributed by atoms with Crippen molar-refractivity contribution in [2.45, 2.75) is 206 Å². The molecule has 0 amide bonds. The Hall–Kier alpha value is -0.910. The van der Waals surface area contributed by atoms with Crippen molar-refractivity contribution in [2.75, 3.05) is 12.8 Å². The van der Waals surface area contributed by atoms with Crippen LogP contribution in [-0.2, 0) is 28.2 Å². The molecule has 1 fully saturated rings. The van der Waals surface area contributed by atoms with Gasteiger partial charge in [-0.15, -0.1) is 0 Å². The molecule has 1 saturated heterocycles. The first kappa shape index (κ1) is 41.1. The maximum absolute atomic E-state index is 12.5. The average molecular weight is 645 g/mol. The van der Waals surface area contributed by atoms with Crippen LogP contribution < -0.4 is 0 Å². The third-order valence-electron chi connectivity index (χ3n) is 8.80. The van der Waals surface area contributed by atoms with E-state index < -0.39 is 25.8 Å². The quantitative estimate of drug-likeness (QED) is 0.0472. The van der Waals surface area contributed by atoms with Gasteiger partial charge in [-0.2, -0.15) is 0 Å². The first-order valence-electron chi connectivity index (χ1n) is 18.7. The molecule has 0 bridgehead atoms. The maximum atomic E-state index is 12.5. The van der Waals surface area contributed by atoms with E-state index in [9.17, 15) is 19.0 Å². The Morgan fingerprint density at radius 3 is 1.18 bits per heavy atom. The van der Waals surface area contributed by atoms with Gasteiger partial charge in [0.25, 0.3) is 0 Å². The molecule has 0 aromatic rings. The fourth-order valence-electron chi connectivity index (χ4n) is 5.95. The van der Waals surface area contributed by atoms with Gasteiger partial charge in [-0.1, -0.05) is 168 Å². The highest BCUT2D eigenvalue weighted by molar-refractivity contribution is 7.52. The summed E-state index contributed by atoms with van der Waals surface area (Å²) in [5, 5.41) is 0. The molecule has 0 saturated carbocycles. The minimum Gasteiger partial charge on any atom is -0.458 e. The molecule has 44 heavy (non-hydrogen) atoms. The third kappa shape index (κ3) is 24.3. The van der Waals surface area contributed by atoms with Crippen LogP contribution in [0.25, 0.3) is 0 Å². The number of ether oxygens (including phenoxy) is 2. The van der Waals surface area contributed by atoms with Gasteiger partial charge in [0.2, 0.25) is 0 Å². The van der Waals surface area contributed by atoms with Crippen LogP contribution in [0.2, 0.25) is 0 Å². The molecule has 8 heteroatoms. The van der Waals surface area contributed by atoms with Crippen molar-refractivity contribution >= 4 is 19.5 Å². The molecule has 0 radical (unpaired) electrons. The van der Waals surface area contributed by atoms with E-state index >= 15 is 0 Å². The van der Waals surface area contributed by atoms with E-state index in [1.54, 1.807) is 0 Å². The van der Waals surface area contributed by atoms with Crippen LogP contribution in [-0.4, -0.2) is 41.8 Å². The second-order valence-corrected chi connectivity index (χ2v) is 15.1. The second kappa shape index (κ2) is 28.3. The summed E-state index contributed by atoms with van der Waals surface area (Å²) >= 11 is 0. The second-order valence-electron chi connectivity index (χ2n) is 13.2. The fourth-order valence-corrected chi connectivity index (χ4v) is 7.20. The summed E-state index contributed by atoms with van der Waals surface area (Å²) in [7, 11) is -3.86. The Balaban J connectivity index is 2.12. The summed E-state index contributed by atoms with van der Waals surface area (Å²) in [6.45, 7) is 4.27. The van der Waals surface area contributed by atoms with E-state index in [0.29, 0.717) is 6.42 Å². The molecule has 1 N–H and O–H groups in total. The van der Waals surface area contributed by atoms with E-state index in [2.05, 4.69) is 13.8 Å². The molecule has 0 aliphatic carbocycles. The van der Waals surface area contributed by atoms with Gasteiger partial charge in [0.15, 0.2) is 12.2 Å². The highest BCUT2D eigenvalue weighted by Crippen LogP contribution is 2.47. The first-order chi connectivity index (χ1) is 21.4. The Morgan fingerprint density at radius 2 is 0.841 bits per heavy atom. The monoisotopic (exact) mass is 644 g/mol. The first-order valence-corrected chi connectivity index (χ1v) is 20.5. The van der Waals surface area contributed by atoms with Gasteiger partial charge in [0.1, 0.15) is 0 Å². The summed E-state index contributed by atoms with van der Waals surface area (Å²) < 4.78 is 28.3. The Kier molecular flexibility index (Phi) is 26.5. The van der Waals surface area contributed by atoms with Crippen LogP contribution in [0, 0.1) is 0 Å². The normalized spacial score (nSPS) is 20.1. The van der Waals surface area contributed by atoms with Crippen LogP contribution in [0.5, 0.6) is 0 Å². The average Bonchev–Trinajstić information content (AvgIpc) is 2.99. The van der Waals surface area contributed by atoms with Gasteiger partial charge in [-0.05, 0) is 12.8 Å². The Bertz CT molecular complexity index is 744. The number of unbranched alkanes of at least 4 members (excludes halogenated alkanes) is 24. The largest absolute Gasteiger partial charge is 0.458 e. The number of carbonyl (C=O) groups excluding carboxylic acids is 2. The van der Waals surface area contributed by atoms with Gasteiger partial charge in [-0.25, -0.2) is 0 Å². The highest BCUT2D eigenvalue weighted by atomic mass is 31.2. The topological polar surface area (TPSA) is 99.1 Å². The van der Waals surface area contributed by atoms with E-state index in [1.165, 1.54) is 128 Å². The highest BCUT2D eigenvalue weighted by Gasteiger charge is 2.41. The van der Waals surface area contributed by atoms with Crippen molar-refractivity contribution in [3.05, 3.63) is 0 Å². The van der Waals surface area contributed by atoms with Crippen molar-refractivity contribution in [3.63, 3.8) is 0 Å². The predicted octanol–water partition coefficient (Wildman–Crippen LogP) is 11.0. The summed E-state index contributed by atoms with van der Waals surface area (Å²) in [6, 6.07) is 0. The lowest BCUT2D eigenvalue weighted by molar-refractivity contribution is -0.171. The molecule has 1 unspecified atom stereocenters. The Labute approximate surface area is 270 Å². The lowest BCUT2D eigenvalue weighted by atomic mass is 10.0. The van der Waals surface area contributed by atoms with Gasteiger partial charge >= 0.3 is 19.5 Å². The number of rotatable bonds is 30. The van der Waals surface area contributed by atoms with Crippen LogP contribution in [0.3, 0.4) is 0 Å². The number of hydrogen-bond acceptors (Lipinski definition) is 6. The van der Waals surface area contributed by atoms with E-state index in [0.717, 1.165) is 38.5 Å². The molecule has 1 rings (SSSR count). The molecule has 1 aliphatic heterocycles. The van der Waals surface area contributed by atoms with E-state index in [-0.39, 0.29) is 25.2 Å². The van der Waals surface area contributed by atoms with Crippen LogP contribution in [0.15, 0.2) is 0 Å². The minimum atomic E-state index is -3.86. The Morgan fingerprint density at radius 1 is 0.545 bits per heavy atom. The molecule has 1 aliphatic rings. The molecule has 0 spiro atoms. The van der Waals surface area contributed by atoms with E-state index in [1.807, 2.05) is 0 Å². The molecule has 1 heterocycles. The lowest BCUT2D eigenvalue weighted by Gasteiger charge is -2.32. The zero-order chi connectivity index (χ0) is 32.1. The summed E-state index contributed by atoms with van der Waals surface area (Å²) in [5.41, 5.74) is 0. The smallest absolute Gasteiger partial charge is 0.332 e. The summed E-state index contributed by atoms with van der Waals surface area (Å²) in [4.78, 5) is 34.9. The summed E-state index contributed by atoms with van der Waals surface area (Å²) in [5.74, 6) is -0.772. The predicted molar refractivity (Wildman–Crippen MR) is 181 cm³/mol. The standard InChI is InChI=1S/C36H69O7P/c1-3-5-7-9-11-13-15-17-19-21-23-25-27-29-35(37)42-33-31-41-44(39,40)32-34(33)43-36(38)30-28-26-24-22-20-18-16-14-12-10-8-6-4-2/h33-34H,3-32H2,1-2H3,(H,39,40)/t33-,34+/m1/s1. The van der Waals surface area contributed by atoms with Crippen LogP contribution >= 0.6 is 7.60 Å². The van der Waals surface area contributed by atoms with Gasteiger partial charge in [-0.3, -0.25) is 14.2 Å². The molecule has 7 nitrogen and oxygen atoms in total. The van der Waals surface area contributed by atoms with Gasteiger partial charge in [0, 0.05) is 12.8 Å². The van der Waals surface area contributed by atoms with E-state index in [4.69, 9.17) is 14.0 Å². The van der Waals surface area contributed by atoms with Crippen molar-refractivity contribution < 1.29 is 33.0 Å².